The molecule has 7 heteroatoms. The summed E-state index contributed by atoms with van der Waals surface area (Å²) in [6.07, 6.45) is 2.99. The van der Waals surface area contributed by atoms with Gasteiger partial charge in [0.05, 0.1) is 19.2 Å². The average molecular weight is 346 g/mol. The third-order valence-electron chi connectivity index (χ3n) is 3.98. The zero-order valence-electron chi connectivity index (χ0n) is 14.7. The van der Waals surface area contributed by atoms with E-state index >= 15 is 0 Å². The highest BCUT2D eigenvalue weighted by atomic mass is 16.5. The Morgan fingerprint density at radius 2 is 2.08 bits per heavy atom. The summed E-state index contributed by atoms with van der Waals surface area (Å²) in [5.41, 5.74) is 9.55. The fourth-order valence-corrected chi connectivity index (χ4v) is 2.66. The Morgan fingerprint density at radius 1 is 1.36 bits per heavy atom. The van der Waals surface area contributed by atoms with Gasteiger partial charge >= 0.3 is 5.97 Å². The number of hydrogen-bond donors (Lipinski definition) is 3. The molecule has 2 rings (SSSR count). The van der Waals surface area contributed by atoms with Gasteiger partial charge in [-0.05, 0) is 38.3 Å². The van der Waals surface area contributed by atoms with Gasteiger partial charge in [0.2, 0.25) is 0 Å². The van der Waals surface area contributed by atoms with Crippen molar-refractivity contribution in [3.05, 3.63) is 47.8 Å². The summed E-state index contributed by atoms with van der Waals surface area (Å²) < 4.78 is 5.14. The Hall–Kier alpha value is -2.54. The average Bonchev–Trinajstić information content (AvgIpc) is 3.05. The number of nitrogens with two attached hydrogens (primary N) is 1. The summed E-state index contributed by atoms with van der Waals surface area (Å²) in [6.45, 7) is 4.21. The molecule has 1 aliphatic heterocycles. The number of carbonyl (C=O) groups is 2. The molecule has 2 atom stereocenters. The Morgan fingerprint density at radius 3 is 2.68 bits per heavy atom. The van der Waals surface area contributed by atoms with Crippen molar-refractivity contribution in [3.63, 3.8) is 0 Å². The fraction of sp³-hybridized carbons (Fsp3) is 0.444. The van der Waals surface area contributed by atoms with Crippen LogP contribution >= 0.6 is 0 Å². The molecule has 0 bridgehead atoms. The summed E-state index contributed by atoms with van der Waals surface area (Å²) in [6, 6.07) is 8.81. The summed E-state index contributed by atoms with van der Waals surface area (Å²) in [7, 11) is 0. The van der Waals surface area contributed by atoms with Gasteiger partial charge in [0.1, 0.15) is 11.9 Å². The largest absolute Gasteiger partial charge is 0.465 e. The Kier molecular flexibility index (Phi) is 6.82. The monoisotopic (exact) mass is 346 g/mol. The van der Waals surface area contributed by atoms with Crippen molar-refractivity contribution in [1.82, 2.24) is 15.8 Å². The van der Waals surface area contributed by atoms with Crippen molar-refractivity contribution < 1.29 is 14.3 Å². The summed E-state index contributed by atoms with van der Waals surface area (Å²) in [5, 5.41) is 4.52. The molecular weight excluding hydrogens is 320 g/mol. The molecule has 0 saturated heterocycles. The third kappa shape index (κ3) is 5.49. The van der Waals surface area contributed by atoms with Crippen LogP contribution in [0.5, 0.6) is 0 Å². The molecule has 4 N–H and O–H groups in total. The highest BCUT2D eigenvalue weighted by molar-refractivity contribution is 5.83. The van der Waals surface area contributed by atoms with E-state index in [0.29, 0.717) is 31.8 Å². The molecule has 1 amide bonds. The maximum atomic E-state index is 12.4. The molecular formula is C18H26N4O3. The first kappa shape index (κ1) is 18.8. The second-order valence-corrected chi connectivity index (χ2v) is 5.94. The minimum Gasteiger partial charge on any atom is -0.465 e. The molecule has 1 heterocycles. The predicted octanol–water partition coefficient (Wildman–Crippen LogP) is 0.676. The molecule has 0 aromatic heterocycles. The lowest BCUT2D eigenvalue weighted by Gasteiger charge is -2.25. The SMILES string of the molecule is CCOC(=O)[C@H](CCc1ccccc1)N[C@@H](C)C(=O)N1CC=C(N)N1. The maximum absolute atomic E-state index is 12.4. The minimum absolute atomic E-state index is 0.175. The van der Waals surface area contributed by atoms with E-state index < -0.39 is 12.1 Å². The number of nitrogens with zero attached hydrogens (tertiary/aromatic N) is 1. The van der Waals surface area contributed by atoms with Crippen LogP contribution in [0.2, 0.25) is 0 Å². The molecule has 0 radical (unpaired) electrons. The maximum Gasteiger partial charge on any atom is 0.323 e. The number of hydrogen-bond acceptors (Lipinski definition) is 6. The Balaban J connectivity index is 1.95. The number of nitrogens with one attached hydrogen (secondary N) is 2. The lowest BCUT2D eigenvalue weighted by molar-refractivity contribution is -0.146. The lowest BCUT2D eigenvalue weighted by atomic mass is 10.0. The second kappa shape index (κ2) is 9.08. The normalized spacial score (nSPS) is 15.9. The van der Waals surface area contributed by atoms with Crippen molar-refractivity contribution in [2.45, 2.75) is 38.8 Å². The number of hydrazine groups is 1. The van der Waals surface area contributed by atoms with Crippen molar-refractivity contribution in [2.24, 2.45) is 5.73 Å². The third-order valence-corrected chi connectivity index (χ3v) is 3.98. The van der Waals surface area contributed by atoms with Gasteiger partial charge in [-0.2, -0.15) is 0 Å². The first-order valence-electron chi connectivity index (χ1n) is 8.51. The van der Waals surface area contributed by atoms with E-state index in [4.69, 9.17) is 10.5 Å². The lowest BCUT2D eigenvalue weighted by Crippen LogP contribution is -2.53. The number of benzene rings is 1. The number of amides is 1. The summed E-state index contributed by atoms with van der Waals surface area (Å²) in [4.78, 5) is 24.7. The quantitative estimate of drug-likeness (QED) is 0.599. The molecule has 0 unspecified atom stereocenters. The standard InChI is InChI=1S/C18H26N4O3/c1-3-25-18(24)15(10-9-14-7-5-4-6-8-14)20-13(2)17(23)22-12-11-16(19)21-22/h4-8,11,13,15,20-21H,3,9-10,12,19H2,1-2H3/t13-,15-/m0/s1. The van der Waals surface area contributed by atoms with Gasteiger partial charge in [-0.3, -0.25) is 20.3 Å². The molecule has 0 aliphatic carbocycles. The van der Waals surface area contributed by atoms with E-state index in [-0.39, 0.29) is 11.9 Å². The van der Waals surface area contributed by atoms with Crippen LogP contribution in [0.3, 0.4) is 0 Å². The van der Waals surface area contributed by atoms with E-state index in [9.17, 15) is 9.59 Å². The van der Waals surface area contributed by atoms with Gasteiger partial charge in [0.15, 0.2) is 0 Å². The highest BCUT2D eigenvalue weighted by Crippen LogP contribution is 2.08. The van der Waals surface area contributed by atoms with Gasteiger partial charge in [-0.25, -0.2) is 5.01 Å². The van der Waals surface area contributed by atoms with Crippen LogP contribution in [-0.2, 0) is 20.7 Å². The number of carbonyl (C=O) groups excluding carboxylic acids is 2. The van der Waals surface area contributed by atoms with E-state index in [1.54, 1.807) is 19.9 Å². The van der Waals surface area contributed by atoms with Crippen LogP contribution in [-0.4, -0.2) is 42.1 Å². The number of rotatable bonds is 8. The van der Waals surface area contributed by atoms with Gasteiger partial charge in [-0.1, -0.05) is 30.3 Å². The first-order valence-corrected chi connectivity index (χ1v) is 8.51. The van der Waals surface area contributed by atoms with Crippen LogP contribution < -0.4 is 16.5 Å². The molecule has 0 fully saturated rings. The number of esters is 1. The molecule has 25 heavy (non-hydrogen) atoms. The zero-order chi connectivity index (χ0) is 18.2. The molecule has 1 aliphatic rings. The molecule has 0 saturated carbocycles. The number of ether oxygens (including phenoxy) is 1. The van der Waals surface area contributed by atoms with Gasteiger partial charge < -0.3 is 10.5 Å². The molecule has 7 nitrogen and oxygen atoms in total. The van der Waals surface area contributed by atoms with Crippen molar-refractivity contribution in [3.8, 4) is 0 Å². The fourth-order valence-electron chi connectivity index (χ4n) is 2.66. The zero-order valence-corrected chi connectivity index (χ0v) is 14.7. The van der Waals surface area contributed by atoms with E-state index in [1.807, 2.05) is 30.3 Å². The van der Waals surface area contributed by atoms with E-state index in [0.717, 1.165) is 5.56 Å². The van der Waals surface area contributed by atoms with Crippen LogP contribution in [0.25, 0.3) is 0 Å². The van der Waals surface area contributed by atoms with Gasteiger partial charge in [0.25, 0.3) is 5.91 Å². The number of aryl methyl sites for hydroxylation is 1. The smallest absolute Gasteiger partial charge is 0.323 e. The van der Waals surface area contributed by atoms with Crippen LogP contribution in [0.4, 0.5) is 0 Å². The Bertz CT molecular complexity index is 618. The van der Waals surface area contributed by atoms with Crippen molar-refractivity contribution >= 4 is 11.9 Å². The van der Waals surface area contributed by atoms with E-state index in [2.05, 4.69) is 10.7 Å². The summed E-state index contributed by atoms with van der Waals surface area (Å²) >= 11 is 0. The van der Waals surface area contributed by atoms with Gasteiger partial charge in [-0.15, -0.1) is 0 Å². The summed E-state index contributed by atoms with van der Waals surface area (Å²) in [5.74, 6) is -0.0672. The molecule has 1 aromatic carbocycles. The van der Waals surface area contributed by atoms with Crippen LogP contribution in [0, 0.1) is 0 Å². The molecule has 136 valence electrons. The minimum atomic E-state index is -0.549. The Labute approximate surface area is 148 Å². The van der Waals surface area contributed by atoms with Crippen molar-refractivity contribution in [2.75, 3.05) is 13.2 Å². The van der Waals surface area contributed by atoms with Crippen molar-refractivity contribution in [1.29, 1.82) is 0 Å². The topological polar surface area (TPSA) is 96.7 Å². The highest BCUT2D eigenvalue weighted by Gasteiger charge is 2.28. The molecule has 0 spiro atoms. The molecule has 1 aromatic rings. The van der Waals surface area contributed by atoms with E-state index in [1.165, 1.54) is 5.01 Å². The van der Waals surface area contributed by atoms with Crippen LogP contribution in [0.1, 0.15) is 25.8 Å². The van der Waals surface area contributed by atoms with Gasteiger partial charge in [0, 0.05) is 0 Å². The van der Waals surface area contributed by atoms with Crippen LogP contribution in [0.15, 0.2) is 42.2 Å². The first-order chi connectivity index (χ1) is 12.0. The second-order valence-electron chi connectivity index (χ2n) is 5.94. The predicted molar refractivity (Wildman–Crippen MR) is 94.9 cm³/mol.